The number of benzene rings is 1. The number of anilines is 1. The molecule has 0 unspecified atom stereocenters. The van der Waals surface area contributed by atoms with Gasteiger partial charge in [0, 0.05) is 16.5 Å². The molecule has 1 heterocycles. The number of rotatable bonds is 4. The average Bonchev–Trinajstić information content (AvgIpc) is 2.52. The summed E-state index contributed by atoms with van der Waals surface area (Å²) < 4.78 is 5.60. The van der Waals surface area contributed by atoms with Gasteiger partial charge < -0.3 is 15.5 Å². The smallest absolute Gasteiger partial charge is 0.268 e. The van der Waals surface area contributed by atoms with Crippen molar-refractivity contribution in [2.45, 2.75) is 0 Å². The van der Waals surface area contributed by atoms with Gasteiger partial charge in [-0.15, -0.1) is 0 Å². The van der Waals surface area contributed by atoms with Gasteiger partial charge >= 0.3 is 0 Å². The number of pyridine rings is 1. The number of nitriles is 2. The summed E-state index contributed by atoms with van der Waals surface area (Å²) in [5, 5.41) is 19.2. The average molecular weight is 359 g/mol. The van der Waals surface area contributed by atoms with Crippen LogP contribution in [0.1, 0.15) is 11.1 Å². The molecule has 0 saturated carbocycles. The zero-order chi connectivity index (χ0) is 16.1. The minimum atomic E-state index is -0.635. The minimum absolute atomic E-state index is 0.0473. The predicted molar refractivity (Wildman–Crippen MR) is 85.6 cm³/mol. The first-order chi connectivity index (χ1) is 10.6. The Balaban J connectivity index is 2.81. The Labute approximate surface area is 134 Å². The van der Waals surface area contributed by atoms with Gasteiger partial charge in [-0.1, -0.05) is 34.1 Å². The maximum absolute atomic E-state index is 11.9. The van der Waals surface area contributed by atoms with Crippen LogP contribution in [0.25, 0.3) is 11.1 Å². The van der Waals surface area contributed by atoms with E-state index in [9.17, 15) is 15.3 Å². The van der Waals surface area contributed by atoms with Gasteiger partial charge in [0.1, 0.15) is 34.8 Å². The quantitative estimate of drug-likeness (QED) is 0.812. The molecule has 22 heavy (non-hydrogen) atoms. The molecular weight excluding hydrogens is 348 g/mol. The largest absolute Gasteiger partial charge is 0.492 e. The van der Waals surface area contributed by atoms with Crippen LogP contribution < -0.4 is 16.0 Å². The molecule has 0 amide bonds. The van der Waals surface area contributed by atoms with Crippen LogP contribution in [0.15, 0.2) is 29.1 Å². The van der Waals surface area contributed by atoms with Gasteiger partial charge in [0.15, 0.2) is 0 Å². The third-order valence-electron chi connectivity index (χ3n) is 2.96. The zero-order valence-corrected chi connectivity index (χ0v) is 13.0. The van der Waals surface area contributed by atoms with Gasteiger partial charge in [-0.05, 0) is 6.07 Å². The highest BCUT2D eigenvalue weighted by Crippen LogP contribution is 2.34. The number of aromatic amines is 1. The summed E-state index contributed by atoms with van der Waals surface area (Å²) in [7, 11) is 0. The molecule has 3 N–H and O–H groups in total. The van der Waals surface area contributed by atoms with Crippen molar-refractivity contribution in [2.24, 2.45) is 0 Å². The number of H-pyrrole nitrogens is 1. The van der Waals surface area contributed by atoms with Crippen LogP contribution in [0.3, 0.4) is 0 Å². The number of nitrogens with zero attached hydrogens (tertiary/aromatic N) is 2. The molecule has 0 fully saturated rings. The van der Waals surface area contributed by atoms with E-state index >= 15 is 0 Å². The number of nitrogens with one attached hydrogen (secondary N) is 1. The van der Waals surface area contributed by atoms with E-state index < -0.39 is 5.56 Å². The van der Waals surface area contributed by atoms with Crippen molar-refractivity contribution in [3.63, 3.8) is 0 Å². The molecule has 7 heteroatoms. The topological polar surface area (TPSA) is 116 Å². The monoisotopic (exact) mass is 358 g/mol. The van der Waals surface area contributed by atoms with Gasteiger partial charge in [-0.2, -0.15) is 10.5 Å². The lowest BCUT2D eigenvalue weighted by Gasteiger charge is -2.13. The van der Waals surface area contributed by atoms with Crippen molar-refractivity contribution >= 4 is 21.7 Å². The first kappa shape index (κ1) is 15.6. The zero-order valence-electron chi connectivity index (χ0n) is 11.4. The first-order valence-electron chi connectivity index (χ1n) is 6.28. The number of nitrogen functional groups attached to an aromatic ring is 1. The van der Waals surface area contributed by atoms with Crippen LogP contribution >= 0.6 is 15.9 Å². The summed E-state index contributed by atoms with van der Waals surface area (Å²) in [5.41, 5.74) is 5.63. The number of alkyl halides is 1. The number of aromatic nitrogens is 1. The van der Waals surface area contributed by atoms with Crippen molar-refractivity contribution in [1.29, 1.82) is 10.5 Å². The Kier molecular flexibility index (Phi) is 4.82. The Hall–Kier alpha value is -2.77. The highest BCUT2D eigenvalue weighted by atomic mass is 79.9. The van der Waals surface area contributed by atoms with Crippen molar-refractivity contribution in [1.82, 2.24) is 4.98 Å². The lowest BCUT2D eigenvalue weighted by atomic mass is 9.96. The summed E-state index contributed by atoms with van der Waals surface area (Å²) in [6.07, 6.45) is 0. The standard InChI is InChI=1S/C15H11BrN4O2/c16-5-6-22-12-4-2-1-3-9(12)13-10(7-17)14(19)20-15(21)11(13)8-18/h1-4H,5-6H2,(H3,19,20,21). The van der Waals surface area contributed by atoms with E-state index in [4.69, 9.17) is 10.5 Å². The number of nitrogens with two attached hydrogens (primary N) is 1. The molecule has 0 aliphatic rings. The van der Waals surface area contributed by atoms with Gasteiger partial charge in [0.05, 0.1) is 6.61 Å². The first-order valence-corrected chi connectivity index (χ1v) is 7.40. The van der Waals surface area contributed by atoms with Gasteiger partial charge in [-0.3, -0.25) is 4.79 Å². The normalized spacial score (nSPS) is 9.77. The lowest BCUT2D eigenvalue weighted by Crippen LogP contribution is -2.16. The second kappa shape index (κ2) is 6.79. The number of para-hydroxylation sites is 1. The maximum atomic E-state index is 11.9. The molecule has 2 rings (SSSR count). The Morgan fingerprint density at radius 2 is 1.91 bits per heavy atom. The Bertz CT molecular complexity index is 846. The fourth-order valence-electron chi connectivity index (χ4n) is 2.06. The van der Waals surface area contributed by atoms with E-state index in [1.54, 1.807) is 24.3 Å². The van der Waals surface area contributed by atoms with Crippen LogP contribution in [-0.2, 0) is 0 Å². The predicted octanol–water partition coefficient (Wildman–Crippen LogP) is 2.14. The summed E-state index contributed by atoms with van der Waals surface area (Å²) in [6.45, 7) is 0.402. The highest BCUT2D eigenvalue weighted by molar-refractivity contribution is 9.09. The van der Waals surface area contributed by atoms with Gasteiger partial charge in [-0.25, -0.2) is 0 Å². The Morgan fingerprint density at radius 3 is 2.55 bits per heavy atom. The molecule has 0 radical (unpaired) electrons. The number of ether oxygens (including phenoxy) is 1. The Morgan fingerprint density at radius 1 is 1.23 bits per heavy atom. The SMILES string of the molecule is N#Cc1c(N)[nH]c(=O)c(C#N)c1-c1ccccc1OCCBr. The summed E-state index contributed by atoms with van der Waals surface area (Å²) in [6, 6.07) is 10.7. The third kappa shape index (κ3) is 2.80. The van der Waals surface area contributed by atoms with E-state index in [-0.39, 0.29) is 22.5 Å². The van der Waals surface area contributed by atoms with Gasteiger partial charge in [0.2, 0.25) is 0 Å². The lowest BCUT2D eigenvalue weighted by molar-refractivity contribution is 0.346. The van der Waals surface area contributed by atoms with E-state index in [0.29, 0.717) is 23.2 Å². The van der Waals surface area contributed by atoms with Crippen molar-refractivity contribution in [2.75, 3.05) is 17.7 Å². The second-order valence-electron chi connectivity index (χ2n) is 4.25. The van der Waals surface area contributed by atoms with Crippen molar-refractivity contribution in [3.8, 4) is 29.0 Å². The fourth-order valence-corrected chi connectivity index (χ4v) is 2.22. The summed E-state index contributed by atoms with van der Waals surface area (Å²) in [5.74, 6) is 0.400. The fraction of sp³-hybridized carbons (Fsp3) is 0.133. The molecule has 0 spiro atoms. The minimum Gasteiger partial charge on any atom is -0.492 e. The van der Waals surface area contributed by atoms with Crippen LogP contribution in [-0.4, -0.2) is 16.9 Å². The molecule has 110 valence electrons. The van der Waals surface area contributed by atoms with Crippen LogP contribution in [0.4, 0.5) is 5.82 Å². The molecule has 1 aromatic heterocycles. The second-order valence-corrected chi connectivity index (χ2v) is 5.04. The third-order valence-corrected chi connectivity index (χ3v) is 3.28. The summed E-state index contributed by atoms with van der Waals surface area (Å²) >= 11 is 3.26. The van der Waals surface area contributed by atoms with Crippen LogP contribution in [0.5, 0.6) is 5.75 Å². The molecule has 6 nitrogen and oxygen atoms in total. The molecule has 0 aliphatic carbocycles. The molecule has 0 saturated heterocycles. The maximum Gasteiger partial charge on any atom is 0.268 e. The van der Waals surface area contributed by atoms with E-state index in [1.165, 1.54) is 0 Å². The molecule has 0 atom stereocenters. The molecular formula is C15H11BrN4O2. The van der Waals surface area contributed by atoms with Crippen molar-refractivity contribution < 1.29 is 4.74 Å². The van der Waals surface area contributed by atoms with Crippen LogP contribution in [0.2, 0.25) is 0 Å². The van der Waals surface area contributed by atoms with E-state index in [1.807, 2.05) is 12.1 Å². The number of hydrogen-bond acceptors (Lipinski definition) is 5. The molecule has 1 aromatic carbocycles. The van der Waals surface area contributed by atoms with E-state index in [0.717, 1.165) is 0 Å². The molecule has 0 aliphatic heterocycles. The summed E-state index contributed by atoms with van der Waals surface area (Å²) in [4.78, 5) is 14.3. The number of halogens is 1. The highest BCUT2D eigenvalue weighted by Gasteiger charge is 2.20. The molecule has 0 bridgehead atoms. The number of hydrogen-bond donors (Lipinski definition) is 2. The van der Waals surface area contributed by atoms with E-state index in [2.05, 4.69) is 20.9 Å². The van der Waals surface area contributed by atoms with Crippen molar-refractivity contribution in [3.05, 3.63) is 45.7 Å². The molecule has 2 aromatic rings. The van der Waals surface area contributed by atoms with Gasteiger partial charge in [0.25, 0.3) is 5.56 Å². The van der Waals surface area contributed by atoms with Crippen LogP contribution in [0, 0.1) is 22.7 Å².